The van der Waals surface area contributed by atoms with E-state index in [0.717, 1.165) is 0 Å². The van der Waals surface area contributed by atoms with Gasteiger partial charge in [0.25, 0.3) is 0 Å². The molecule has 0 spiro atoms. The van der Waals surface area contributed by atoms with Gasteiger partial charge in [0.1, 0.15) is 6.10 Å². The number of ether oxygens (including phenoxy) is 2. The van der Waals surface area contributed by atoms with Gasteiger partial charge >= 0.3 is 0 Å². The molecule has 2 saturated heterocycles. The first-order valence-corrected chi connectivity index (χ1v) is 4.91. The Bertz CT molecular complexity index is 221. The van der Waals surface area contributed by atoms with Crippen molar-refractivity contribution in [2.75, 3.05) is 13.2 Å². The summed E-state index contributed by atoms with van der Waals surface area (Å²) >= 11 is 0. The summed E-state index contributed by atoms with van der Waals surface area (Å²) in [6.45, 7) is 4.54. The number of hydrogen-bond donors (Lipinski definition) is 3. The minimum atomic E-state index is -0.766. The van der Waals surface area contributed by atoms with Gasteiger partial charge in [-0.05, 0) is 13.8 Å². The average Bonchev–Trinajstić information content (AvgIpc) is 2.59. The molecule has 2 aliphatic rings. The van der Waals surface area contributed by atoms with Crippen molar-refractivity contribution < 1.29 is 19.7 Å². The summed E-state index contributed by atoms with van der Waals surface area (Å²) in [7, 11) is 0. The number of nitrogens with one attached hydrogen (secondary N) is 1. The molecule has 4 atom stereocenters. The number of rotatable bonds is 1. The highest BCUT2D eigenvalue weighted by atomic mass is 16.7. The van der Waals surface area contributed by atoms with Crippen molar-refractivity contribution in [2.24, 2.45) is 0 Å². The first-order chi connectivity index (χ1) is 6.49. The summed E-state index contributed by atoms with van der Waals surface area (Å²) in [4.78, 5) is 0. The molecule has 0 unspecified atom stereocenters. The molecule has 0 aromatic carbocycles. The second-order valence-corrected chi connectivity index (χ2v) is 4.36. The van der Waals surface area contributed by atoms with Crippen LogP contribution in [0.1, 0.15) is 13.8 Å². The van der Waals surface area contributed by atoms with Crippen molar-refractivity contribution in [1.29, 1.82) is 0 Å². The molecular weight excluding hydrogens is 186 g/mol. The average molecular weight is 203 g/mol. The van der Waals surface area contributed by atoms with E-state index in [4.69, 9.17) is 9.47 Å². The van der Waals surface area contributed by atoms with Crippen molar-refractivity contribution >= 4 is 0 Å². The first-order valence-electron chi connectivity index (χ1n) is 4.91. The Hall–Kier alpha value is -0.200. The van der Waals surface area contributed by atoms with Gasteiger partial charge in [-0.2, -0.15) is 0 Å². The summed E-state index contributed by atoms with van der Waals surface area (Å²) in [6.07, 6.45) is -1.65. The van der Waals surface area contributed by atoms with Gasteiger partial charge in [-0.15, -0.1) is 0 Å². The molecule has 5 heteroatoms. The van der Waals surface area contributed by atoms with Crippen molar-refractivity contribution in [3.8, 4) is 0 Å². The normalized spacial score (nSPS) is 47.1. The van der Waals surface area contributed by atoms with Crippen LogP contribution >= 0.6 is 0 Å². The molecule has 2 heterocycles. The second-order valence-electron chi connectivity index (χ2n) is 4.36. The Kier molecular flexibility index (Phi) is 2.53. The van der Waals surface area contributed by atoms with E-state index in [-0.39, 0.29) is 12.1 Å². The topological polar surface area (TPSA) is 71.0 Å². The minimum Gasteiger partial charge on any atom is -0.389 e. The molecule has 2 aliphatic heterocycles. The summed E-state index contributed by atoms with van der Waals surface area (Å²) in [5, 5.41) is 22.0. The highest BCUT2D eigenvalue weighted by molar-refractivity contribution is 4.97. The van der Waals surface area contributed by atoms with Crippen LogP contribution in [0.25, 0.3) is 0 Å². The van der Waals surface area contributed by atoms with Crippen molar-refractivity contribution in [3.63, 3.8) is 0 Å². The lowest BCUT2D eigenvalue weighted by atomic mass is 10.1. The van der Waals surface area contributed by atoms with Crippen LogP contribution in [0.3, 0.4) is 0 Å². The van der Waals surface area contributed by atoms with Crippen LogP contribution in [0.2, 0.25) is 0 Å². The maximum atomic E-state index is 9.64. The van der Waals surface area contributed by atoms with Gasteiger partial charge in [0, 0.05) is 6.54 Å². The van der Waals surface area contributed by atoms with E-state index in [9.17, 15) is 10.2 Å². The monoisotopic (exact) mass is 203 g/mol. The number of aliphatic hydroxyl groups is 2. The maximum Gasteiger partial charge on any atom is 0.163 e. The van der Waals surface area contributed by atoms with Gasteiger partial charge in [0.2, 0.25) is 0 Å². The number of hydrogen-bond acceptors (Lipinski definition) is 5. The minimum absolute atomic E-state index is 0.183. The van der Waals surface area contributed by atoms with Gasteiger partial charge in [0.05, 0.1) is 24.9 Å². The molecule has 0 bridgehead atoms. The zero-order valence-corrected chi connectivity index (χ0v) is 8.43. The Labute approximate surface area is 83.0 Å². The smallest absolute Gasteiger partial charge is 0.163 e. The maximum absolute atomic E-state index is 9.64. The van der Waals surface area contributed by atoms with Crippen LogP contribution in [-0.2, 0) is 9.47 Å². The van der Waals surface area contributed by atoms with Gasteiger partial charge in [-0.25, -0.2) is 0 Å². The van der Waals surface area contributed by atoms with Gasteiger partial charge in [-0.3, -0.25) is 0 Å². The molecule has 0 aliphatic carbocycles. The molecule has 0 aromatic heterocycles. The molecule has 3 N–H and O–H groups in total. The molecule has 0 amide bonds. The predicted octanol–water partition coefficient (Wildman–Crippen LogP) is -1.17. The van der Waals surface area contributed by atoms with Crippen molar-refractivity contribution in [3.05, 3.63) is 0 Å². The lowest BCUT2D eigenvalue weighted by Gasteiger charge is -2.23. The molecule has 0 aromatic rings. The zero-order valence-electron chi connectivity index (χ0n) is 8.43. The lowest BCUT2D eigenvalue weighted by Crippen LogP contribution is -2.45. The summed E-state index contributed by atoms with van der Waals surface area (Å²) in [6, 6.07) is -0.230. The van der Waals surface area contributed by atoms with Crippen molar-refractivity contribution in [1.82, 2.24) is 5.32 Å². The highest BCUT2D eigenvalue weighted by Gasteiger charge is 2.44. The van der Waals surface area contributed by atoms with Gasteiger partial charge < -0.3 is 25.0 Å². The molecule has 2 rings (SSSR count). The largest absolute Gasteiger partial charge is 0.389 e. The Morgan fingerprint density at radius 1 is 1.36 bits per heavy atom. The third kappa shape index (κ3) is 1.78. The summed E-state index contributed by atoms with van der Waals surface area (Å²) in [5.41, 5.74) is 0. The van der Waals surface area contributed by atoms with Crippen LogP contribution in [0, 0.1) is 0 Å². The fourth-order valence-electron chi connectivity index (χ4n) is 1.98. The standard InChI is InChI=1S/C9H17NO4/c1-9(2)13-4-6(14-9)7-8(12)5(11)3-10-7/h5-8,10-12H,3-4H2,1-2H3/t5-,6+,7+,8-/m0/s1. The number of aliphatic hydroxyl groups excluding tert-OH is 2. The molecule has 2 fully saturated rings. The van der Waals surface area contributed by atoms with Crippen LogP contribution in [0.5, 0.6) is 0 Å². The molecule has 82 valence electrons. The van der Waals surface area contributed by atoms with Crippen LogP contribution < -0.4 is 5.32 Å². The zero-order chi connectivity index (χ0) is 10.3. The summed E-state index contributed by atoms with van der Waals surface area (Å²) in [5.74, 6) is -0.584. The fraction of sp³-hybridized carbons (Fsp3) is 1.00. The van der Waals surface area contributed by atoms with Crippen molar-refractivity contribution in [2.45, 2.75) is 44.0 Å². The van der Waals surface area contributed by atoms with E-state index in [1.807, 2.05) is 13.8 Å². The van der Waals surface area contributed by atoms with E-state index in [1.165, 1.54) is 0 Å². The highest BCUT2D eigenvalue weighted by Crippen LogP contribution is 2.27. The SMILES string of the molecule is CC1(C)OC[C@H]([C@H]2NC[C@H](O)[C@@H]2O)O1. The van der Waals surface area contributed by atoms with E-state index < -0.39 is 18.0 Å². The Balaban J connectivity index is 1.97. The molecule has 5 nitrogen and oxygen atoms in total. The first kappa shape index (κ1) is 10.3. The van der Waals surface area contributed by atoms with Crippen LogP contribution in [-0.4, -0.2) is 53.5 Å². The van der Waals surface area contributed by atoms with E-state index in [0.29, 0.717) is 13.2 Å². The molecular formula is C9H17NO4. The molecule has 0 radical (unpaired) electrons. The quantitative estimate of drug-likeness (QED) is 0.501. The van der Waals surface area contributed by atoms with E-state index >= 15 is 0 Å². The van der Waals surface area contributed by atoms with E-state index in [1.54, 1.807) is 0 Å². The van der Waals surface area contributed by atoms with Crippen LogP contribution in [0.4, 0.5) is 0 Å². The third-order valence-corrected chi connectivity index (χ3v) is 2.76. The Morgan fingerprint density at radius 3 is 2.50 bits per heavy atom. The second kappa shape index (κ2) is 3.43. The van der Waals surface area contributed by atoms with E-state index in [2.05, 4.69) is 5.32 Å². The molecule has 14 heavy (non-hydrogen) atoms. The van der Waals surface area contributed by atoms with Crippen LogP contribution in [0.15, 0.2) is 0 Å². The third-order valence-electron chi connectivity index (χ3n) is 2.76. The van der Waals surface area contributed by atoms with Gasteiger partial charge in [0.15, 0.2) is 5.79 Å². The predicted molar refractivity (Wildman–Crippen MR) is 48.7 cm³/mol. The van der Waals surface area contributed by atoms with Gasteiger partial charge in [-0.1, -0.05) is 0 Å². The molecule has 0 saturated carbocycles. The lowest BCUT2D eigenvalue weighted by molar-refractivity contribution is -0.145. The summed E-state index contributed by atoms with van der Waals surface area (Å²) < 4.78 is 11.0. The number of β-amino-alcohol motifs (C(OH)–C–C–N with tert-alkyl or cyclic N) is 1. The fourth-order valence-corrected chi connectivity index (χ4v) is 1.98. The Morgan fingerprint density at radius 2 is 2.07 bits per heavy atom.